The predicted molar refractivity (Wildman–Crippen MR) is 32.6 cm³/mol. The fourth-order valence-corrected chi connectivity index (χ4v) is 0.455. The van der Waals surface area contributed by atoms with Gasteiger partial charge in [0.2, 0.25) is 0 Å². The first-order valence-corrected chi connectivity index (χ1v) is 2.92. The molecule has 1 atom stereocenters. The van der Waals surface area contributed by atoms with Gasteiger partial charge in [0.1, 0.15) is 0 Å². The number of carboxylic acid groups (broad SMARTS) is 1. The van der Waals surface area contributed by atoms with Crippen molar-refractivity contribution in [2.24, 2.45) is 0 Å². The van der Waals surface area contributed by atoms with Crippen LogP contribution in [0, 0.1) is 0 Å². The normalized spacial score (nSPS) is 13.1. The van der Waals surface area contributed by atoms with E-state index >= 15 is 0 Å². The van der Waals surface area contributed by atoms with E-state index < -0.39 is 18.8 Å². The molecule has 0 radical (unpaired) electrons. The molecule has 0 aromatic carbocycles. The zero-order valence-electron chi connectivity index (χ0n) is 5.88. The molecule has 0 heterocycles. The van der Waals surface area contributed by atoms with Crippen LogP contribution >= 0.6 is 0 Å². The summed E-state index contributed by atoms with van der Waals surface area (Å²) in [6, 6.07) is 0. The van der Waals surface area contributed by atoms with Gasteiger partial charge in [-0.25, -0.2) is 4.79 Å². The average molecular weight is 169 g/mol. The summed E-state index contributed by atoms with van der Waals surface area (Å²) in [6.45, 7) is -1.65. The molecule has 6 heteroatoms. The Labute approximate surface area is 62.1 Å². The third-order valence-corrected chi connectivity index (χ3v) is 0.876. The first-order chi connectivity index (χ1) is 5.02. The first-order valence-electron chi connectivity index (χ1n) is 2.92. The summed E-state index contributed by atoms with van der Waals surface area (Å²) in [5.41, 5.74) is 0. The summed E-state index contributed by atoms with van der Waals surface area (Å²) in [7, 11) is 0. The Morgan fingerprint density at radius 1 is 1.73 bits per heavy atom. The van der Waals surface area contributed by atoms with Crippen molar-refractivity contribution in [1.29, 1.82) is 0 Å². The van der Waals surface area contributed by atoms with Crippen molar-refractivity contribution in [1.82, 2.24) is 5.32 Å². The highest BCUT2D eigenvalue weighted by Gasteiger charge is 2.09. The summed E-state index contributed by atoms with van der Waals surface area (Å²) in [4.78, 5) is 9.84. The maximum atomic E-state index is 11.4. The highest BCUT2D eigenvalue weighted by Crippen LogP contribution is 1.99. The third-order valence-electron chi connectivity index (χ3n) is 0.876. The Hall–Kier alpha value is -0.910. The van der Waals surface area contributed by atoms with E-state index in [0.717, 1.165) is 0 Å². The Morgan fingerprint density at radius 2 is 2.27 bits per heavy atom. The van der Waals surface area contributed by atoms with Gasteiger partial charge < -0.3 is 15.2 Å². The standard InChI is InChI=1S/C5H9F2NO3/c1-3(11-4(6)7)2-8-5(9)10/h3-4,8H,2H2,1H3,(H,9,10). The number of carbonyl (C=O) groups is 1. The molecule has 66 valence electrons. The van der Waals surface area contributed by atoms with Crippen LogP contribution in [0.25, 0.3) is 0 Å². The van der Waals surface area contributed by atoms with E-state index in [-0.39, 0.29) is 6.54 Å². The lowest BCUT2D eigenvalue weighted by atomic mass is 10.4. The van der Waals surface area contributed by atoms with Crippen molar-refractivity contribution >= 4 is 6.09 Å². The van der Waals surface area contributed by atoms with Gasteiger partial charge in [-0.2, -0.15) is 8.78 Å². The summed E-state index contributed by atoms with van der Waals surface area (Å²) >= 11 is 0. The molecule has 1 unspecified atom stereocenters. The Balaban J connectivity index is 3.37. The molecule has 0 aliphatic rings. The zero-order chi connectivity index (χ0) is 8.85. The fourth-order valence-electron chi connectivity index (χ4n) is 0.455. The monoisotopic (exact) mass is 169 g/mol. The van der Waals surface area contributed by atoms with Gasteiger partial charge >= 0.3 is 12.7 Å². The first kappa shape index (κ1) is 10.1. The van der Waals surface area contributed by atoms with Crippen LogP contribution in [-0.2, 0) is 4.74 Å². The van der Waals surface area contributed by atoms with Crippen molar-refractivity contribution in [3.8, 4) is 0 Å². The largest absolute Gasteiger partial charge is 0.465 e. The molecule has 0 saturated heterocycles. The third kappa shape index (κ3) is 6.98. The van der Waals surface area contributed by atoms with Crippen molar-refractivity contribution in [2.45, 2.75) is 19.6 Å². The van der Waals surface area contributed by atoms with E-state index in [2.05, 4.69) is 4.74 Å². The number of nitrogens with one attached hydrogen (secondary N) is 1. The van der Waals surface area contributed by atoms with Gasteiger partial charge in [-0.05, 0) is 6.92 Å². The van der Waals surface area contributed by atoms with E-state index in [1.165, 1.54) is 6.92 Å². The molecular formula is C5H9F2NO3. The predicted octanol–water partition coefficient (Wildman–Crippen LogP) is 0.882. The lowest BCUT2D eigenvalue weighted by Crippen LogP contribution is -2.31. The van der Waals surface area contributed by atoms with E-state index in [1.807, 2.05) is 5.32 Å². The van der Waals surface area contributed by atoms with Gasteiger partial charge in [0.15, 0.2) is 0 Å². The molecule has 0 bridgehead atoms. The highest BCUT2D eigenvalue weighted by molar-refractivity contribution is 5.64. The topological polar surface area (TPSA) is 58.6 Å². The zero-order valence-corrected chi connectivity index (χ0v) is 5.88. The molecule has 11 heavy (non-hydrogen) atoms. The summed E-state index contributed by atoms with van der Waals surface area (Å²) in [6.07, 6.45) is -2.07. The minimum Gasteiger partial charge on any atom is -0.465 e. The van der Waals surface area contributed by atoms with Crippen molar-refractivity contribution < 1.29 is 23.4 Å². The number of amides is 1. The Morgan fingerprint density at radius 3 is 2.64 bits per heavy atom. The van der Waals surface area contributed by atoms with Crippen LogP contribution in [0.15, 0.2) is 0 Å². The molecule has 4 nitrogen and oxygen atoms in total. The van der Waals surface area contributed by atoms with Gasteiger partial charge in [-0.3, -0.25) is 0 Å². The van der Waals surface area contributed by atoms with Crippen LogP contribution in [0.4, 0.5) is 13.6 Å². The van der Waals surface area contributed by atoms with Gasteiger partial charge in [-0.15, -0.1) is 0 Å². The molecule has 0 aliphatic heterocycles. The van der Waals surface area contributed by atoms with E-state index in [0.29, 0.717) is 0 Å². The maximum absolute atomic E-state index is 11.4. The second-order valence-corrected chi connectivity index (χ2v) is 1.89. The summed E-state index contributed by atoms with van der Waals surface area (Å²) in [5.74, 6) is 0. The minimum atomic E-state index is -2.86. The Kier molecular flexibility index (Phi) is 4.44. The van der Waals surface area contributed by atoms with E-state index in [4.69, 9.17) is 5.11 Å². The molecule has 1 amide bonds. The average Bonchev–Trinajstić information content (AvgIpc) is 1.82. The van der Waals surface area contributed by atoms with Crippen LogP contribution in [0.1, 0.15) is 6.92 Å². The second kappa shape index (κ2) is 4.84. The number of alkyl halides is 2. The minimum absolute atomic E-state index is 0.139. The molecule has 0 spiro atoms. The van der Waals surface area contributed by atoms with Crippen molar-refractivity contribution in [2.75, 3.05) is 6.54 Å². The van der Waals surface area contributed by atoms with E-state index in [1.54, 1.807) is 0 Å². The molecule has 0 aromatic rings. The second-order valence-electron chi connectivity index (χ2n) is 1.89. The van der Waals surface area contributed by atoms with Crippen LogP contribution in [0.2, 0.25) is 0 Å². The van der Waals surface area contributed by atoms with Gasteiger partial charge in [0, 0.05) is 6.54 Å². The molecular weight excluding hydrogens is 160 g/mol. The van der Waals surface area contributed by atoms with Gasteiger partial charge in [0.25, 0.3) is 0 Å². The van der Waals surface area contributed by atoms with Crippen LogP contribution in [-0.4, -0.2) is 30.5 Å². The van der Waals surface area contributed by atoms with E-state index in [9.17, 15) is 13.6 Å². The quantitative estimate of drug-likeness (QED) is 0.656. The Bertz CT molecular complexity index is 131. The van der Waals surface area contributed by atoms with Crippen LogP contribution in [0.5, 0.6) is 0 Å². The number of hydrogen-bond donors (Lipinski definition) is 2. The lowest BCUT2D eigenvalue weighted by Gasteiger charge is -2.10. The van der Waals surface area contributed by atoms with Crippen LogP contribution < -0.4 is 5.32 Å². The van der Waals surface area contributed by atoms with Crippen molar-refractivity contribution in [3.05, 3.63) is 0 Å². The summed E-state index contributed by atoms with van der Waals surface area (Å²) in [5, 5.41) is 9.95. The molecule has 0 saturated carbocycles. The molecule has 0 aromatic heterocycles. The van der Waals surface area contributed by atoms with Crippen molar-refractivity contribution in [3.63, 3.8) is 0 Å². The molecule has 0 rings (SSSR count). The van der Waals surface area contributed by atoms with Gasteiger partial charge in [0.05, 0.1) is 6.10 Å². The molecule has 0 aliphatic carbocycles. The number of halogens is 2. The van der Waals surface area contributed by atoms with Crippen LogP contribution in [0.3, 0.4) is 0 Å². The maximum Gasteiger partial charge on any atom is 0.404 e. The summed E-state index contributed by atoms with van der Waals surface area (Å²) < 4.78 is 26.8. The fraction of sp³-hybridized carbons (Fsp3) is 0.800. The number of hydrogen-bond acceptors (Lipinski definition) is 2. The van der Waals surface area contributed by atoms with Gasteiger partial charge in [-0.1, -0.05) is 0 Å². The number of ether oxygens (including phenoxy) is 1. The highest BCUT2D eigenvalue weighted by atomic mass is 19.3. The molecule has 0 fully saturated rings. The molecule has 2 N–H and O–H groups in total. The lowest BCUT2D eigenvalue weighted by molar-refractivity contribution is -0.156. The number of rotatable bonds is 4. The smallest absolute Gasteiger partial charge is 0.404 e. The SMILES string of the molecule is CC(CNC(=O)O)OC(F)F.